The SMILES string of the molecule is O=C1COCCN1CC(=O)N1CCC(Cc2ccc(F)c(F)c2)C1. The maximum absolute atomic E-state index is 13.3. The Morgan fingerprint density at radius 3 is 2.83 bits per heavy atom. The quantitative estimate of drug-likeness (QED) is 0.829. The van der Waals surface area contributed by atoms with Crippen molar-refractivity contribution in [3.8, 4) is 0 Å². The second-order valence-corrected chi connectivity index (χ2v) is 6.31. The summed E-state index contributed by atoms with van der Waals surface area (Å²) < 4.78 is 31.3. The lowest BCUT2D eigenvalue weighted by Gasteiger charge is -2.28. The number of carbonyl (C=O) groups is 2. The van der Waals surface area contributed by atoms with Crippen molar-refractivity contribution in [1.29, 1.82) is 0 Å². The fraction of sp³-hybridized carbons (Fsp3) is 0.529. The van der Waals surface area contributed by atoms with E-state index in [0.717, 1.165) is 18.1 Å². The van der Waals surface area contributed by atoms with Crippen molar-refractivity contribution in [2.45, 2.75) is 12.8 Å². The Kier molecular flexibility index (Phi) is 5.08. The van der Waals surface area contributed by atoms with E-state index in [4.69, 9.17) is 4.74 Å². The van der Waals surface area contributed by atoms with Crippen LogP contribution in [0.25, 0.3) is 0 Å². The van der Waals surface area contributed by atoms with Gasteiger partial charge >= 0.3 is 0 Å². The topological polar surface area (TPSA) is 49.9 Å². The van der Waals surface area contributed by atoms with Crippen LogP contribution in [0.2, 0.25) is 0 Å². The highest BCUT2D eigenvalue weighted by Crippen LogP contribution is 2.22. The largest absolute Gasteiger partial charge is 0.370 e. The molecule has 0 bridgehead atoms. The van der Waals surface area contributed by atoms with E-state index in [1.165, 1.54) is 11.0 Å². The number of hydrogen-bond donors (Lipinski definition) is 0. The smallest absolute Gasteiger partial charge is 0.249 e. The number of nitrogens with zero attached hydrogens (tertiary/aromatic N) is 2. The van der Waals surface area contributed by atoms with Gasteiger partial charge in [-0.2, -0.15) is 0 Å². The summed E-state index contributed by atoms with van der Waals surface area (Å²) in [6.07, 6.45) is 1.43. The van der Waals surface area contributed by atoms with Crippen LogP contribution in [0.3, 0.4) is 0 Å². The molecule has 0 aliphatic carbocycles. The third kappa shape index (κ3) is 3.90. The van der Waals surface area contributed by atoms with Crippen LogP contribution >= 0.6 is 0 Å². The lowest BCUT2D eigenvalue weighted by Crippen LogP contribution is -2.47. The molecule has 1 atom stereocenters. The summed E-state index contributed by atoms with van der Waals surface area (Å²) in [5.74, 6) is -1.70. The molecule has 1 aromatic rings. The third-order valence-corrected chi connectivity index (χ3v) is 4.56. The van der Waals surface area contributed by atoms with Crippen LogP contribution in [0.4, 0.5) is 8.78 Å². The Morgan fingerprint density at radius 2 is 2.08 bits per heavy atom. The van der Waals surface area contributed by atoms with Gasteiger partial charge in [-0.1, -0.05) is 6.07 Å². The van der Waals surface area contributed by atoms with Crippen molar-refractivity contribution in [3.05, 3.63) is 35.4 Å². The molecule has 5 nitrogen and oxygen atoms in total. The number of hydrogen-bond acceptors (Lipinski definition) is 3. The Labute approximate surface area is 139 Å². The molecule has 0 radical (unpaired) electrons. The van der Waals surface area contributed by atoms with E-state index in [1.807, 2.05) is 0 Å². The van der Waals surface area contributed by atoms with Crippen LogP contribution in [0.5, 0.6) is 0 Å². The predicted octanol–water partition coefficient (Wildman–Crippen LogP) is 1.21. The first-order valence-electron chi connectivity index (χ1n) is 8.10. The molecule has 3 rings (SSSR count). The molecule has 2 saturated heterocycles. The van der Waals surface area contributed by atoms with Gasteiger partial charge in [-0.15, -0.1) is 0 Å². The highest BCUT2D eigenvalue weighted by atomic mass is 19.2. The van der Waals surface area contributed by atoms with Gasteiger partial charge in [0.1, 0.15) is 6.61 Å². The van der Waals surface area contributed by atoms with Crippen LogP contribution in [-0.4, -0.2) is 61.0 Å². The zero-order valence-electron chi connectivity index (χ0n) is 13.3. The molecule has 0 saturated carbocycles. The monoisotopic (exact) mass is 338 g/mol. The minimum atomic E-state index is -0.850. The third-order valence-electron chi connectivity index (χ3n) is 4.56. The Morgan fingerprint density at radius 1 is 1.25 bits per heavy atom. The number of morpholine rings is 1. The Balaban J connectivity index is 1.51. The zero-order chi connectivity index (χ0) is 17.1. The molecule has 2 heterocycles. The second-order valence-electron chi connectivity index (χ2n) is 6.31. The van der Waals surface area contributed by atoms with Gasteiger partial charge in [0, 0.05) is 19.6 Å². The molecule has 0 N–H and O–H groups in total. The van der Waals surface area contributed by atoms with Crippen LogP contribution < -0.4 is 0 Å². The van der Waals surface area contributed by atoms with Crippen molar-refractivity contribution in [1.82, 2.24) is 9.80 Å². The Hall–Kier alpha value is -2.02. The molecule has 0 spiro atoms. The summed E-state index contributed by atoms with van der Waals surface area (Å²) in [6, 6.07) is 3.92. The fourth-order valence-corrected chi connectivity index (χ4v) is 3.21. The van der Waals surface area contributed by atoms with E-state index in [2.05, 4.69) is 0 Å². The molecule has 1 aromatic carbocycles. The number of amides is 2. The van der Waals surface area contributed by atoms with Gasteiger partial charge in [-0.3, -0.25) is 9.59 Å². The number of halogens is 2. The van der Waals surface area contributed by atoms with Crippen LogP contribution in [-0.2, 0) is 20.7 Å². The minimum absolute atomic E-state index is 0.0338. The van der Waals surface area contributed by atoms with E-state index in [9.17, 15) is 18.4 Å². The van der Waals surface area contributed by atoms with Gasteiger partial charge in [-0.25, -0.2) is 8.78 Å². The number of likely N-dealkylation sites (tertiary alicyclic amines) is 1. The average Bonchev–Trinajstić information content (AvgIpc) is 3.02. The van der Waals surface area contributed by atoms with E-state index in [-0.39, 0.29) is 30.9 Å². The number of rotatable bonds is 4. The lowest BCUT2D eigenvalue weighted by molar-refractivity contribution is -0.148. The molecule has 0 aromatic heterocycles. The minimum Gasteiger partial charge on any atom is -0.370 e. The van der Waals surface area contributed by atoms with Crippen LogP contribution in [0, 0.1) is 17.6 Å². The average molecular weight is 338 g/mol. The highest BCUT2D eigenvalue weighted by molar-refractivity contribution is 5.85. The van der Waals surface area contributed by atoms with Gasteiger partial charge in [0.05, 0.1) is 13.2 Å². The fourth-order valence-electron chi connectivity index (χ4n) is 3.21. The summed E-state index contributed by atoms with van der Waals surface area (Å²) in [6.45, 7) is 2.22. The molecule has 7 heteroatoms. The van der Waals surface area contributed by atoms with Gasteiger partial charge in [-0.05, 0) is 36.5 Å². The van der Waals surface area contributed by atoms with Gasteiger partial charge in [0.25, 0.3) is 0 Å². The Bertz CT molecular complexity index is 638. The number of ether oxygens (including phenoxy) is 1. The van der Waals surface area contributed by atoms with E-state index >= 15 is 0 Å². The maximum atomic E-state index is 13.3. The number of carbonyl (C=O) groups excluding carboxylic acids is 2. The summed E-state index contributed by atoms with van der Waals surface area (Å²) in [5.41, 5.74) is 0.733. The van der Waals surface area contributed by atoms with Gasteiger partial charge in [0.2, 0.25) is 11.8 Å². The summed E-state index contributed by atoms with van der Waals surface area (Å²) >= 11 is 0. The molecule has 1 unspecified atom stereocenters. The highest BCUT2D eigenvalue weighted by Gasteiger charge is 2.29. The number of benzene rings is 1. The first-order valence-corrected chi connectivity index (χ1v) is 8.10. The predicted molar refractivity (Wildman–Crippen MR) is 82.1 cm³/mol. The normalized spacial score (nSPS) is 21.4. The van der Waals surface area contributed by atoms with E-state index < -0.39 is 11.6 Å². The van der Waals surface area contributed by atoms with Crippen molar-refractivity contribution < 1.29 is 23.1 Å². The van der Waals surface area contributed by atoms with Crippen molar-refractivity contribution >= 4 is 11.8 Å². The first-order chi connectivity index (χ1) is 11.5. The van der Waals surface area contributed by atoms with Crippen LogP contribution in [0.15, 0.2) is 18.2 Å². The van der Waals surface area contributed by atoms with E-state index in [1.54, 1.807) is 11.0 Å². The van der Waals surface area contributed by atoms with Crippen molar-refractivity contribution in [3.63, 3.8) is 0 Å². The second kappa shape index (κ2) is 7.25. The standard InChI is InChI=1S/C17H20F2N2O3/c18-14-2-1-12(8-15(14)19)7-13-3-4-20(9-13)16(22)10-21-5-6-24-11-17(21)23/h1-2,8,13H,3-7,9-11H2. The molecular weight excluding hydrogens is 318 g/mol. The van der Waals surface area contributed by atoms with Gasteiger partial charge < -0.3 is 14.5 Å². The molecule has 2 aliphatic rings. The van der Waals surface area contributed by atoms with E-state index in [0.29, 0.717) is 32.7 Å². The summed E-state index contributed by atoms with van der Waals surface area (Å²) in [4.78, 5) is 27.3. The zero-order valence-corrected chi connectivity index (χ0v) is 13.3. The molecule has 2 amide bonds. The molecule has 2 aliphatic heterocycles. The molecule has 24 heavy (non-hydrogen) atoms. The molecular formula is C17H20F2N2O3. The molecule has 130 valence electrons. The van der Waals surface area contributed by atoms with Crippen molar-refractivity contribution in [2.75, 3.05) is 39.4 Å². The summed E-state index contributed by atoms with van der Waals surface area (Å²) in [7, 11) is 0. The lowest BCUT2D eigenvalue weighted by atomic mass is 9.98. The maximum Gasteiger partial charge on any atom is 0.249 e. The van der Waals surface area contributed by atoms with Crippen molar-refractivity contribution in [2.24, 2.45) is 5.92 Å². The molecule has 2 fully saturated rings. The summed E-state index contributed by atoms with van der Waals surface area (Å²) in [5, 5.41) is 0. The first kappa shape index (κ1) is 16.8. The van der Waals surface area contributed by atoms with Crippen LogP contribution in [0.1, 0.15) is 12.0 Å². The van der Waals surface area contributed by atoms with Gasteiger partial charge in [0.15, 0.2) is 11.6 Å².